The monoisotopic (exact) mass is 239 g/mol. The molecule has 2 N–H and O–H groups in total. The van der Waals surface area contributed by atoms with Crippen molar-refractivity contribution in [3.05, 3.63) is 0 Å². The van der Waals surface area contributed by atoms with Crippen molar-refractivity contribution in [2.75, 3.05) is 6.54 Å². The van der Waals surface area contributed by atoms with Crippen LogP contribution in [0.1, 0.15) is 71.1 Å². The van der Waals surface area contributed by atoms with E-state index in [0.717, 1.165) is 25.7 Å². The van der Waals surface area contributed by atoms with Gasteiger partial charge >= 0.3 is 0 Å². The molecule has 0 aromatic rings. The predicted molar refractivity (Wildman–Crippen MR) is 72.1 cm³/mol. The maximum atomic E-state index is 9.50. The molecule has 0 bridgehead atoms. The molecule has 0 radical (unpaired) electrons. The topological polar surface area (TPSA) is 32.3 Å². The van der Waals surface area contributed by atoms with Crippen LogP contribution in [-0.4, -0.2) is 23.8 Å². The van der Waals surface area contributed by atoms with Crippen LogP contribution in [0.5, 0.6) is 0 Å². The van der Waals surface area contributed by atoms with Crippen molar-refractivity contribution in [1.82, 2.24) is 5.32 Å². The molecule has 2 fully saturated rings. The van der Waals surface area contributed by atoms with Crippen LogP contribution in [0.15, 0.2) is 0 Å². The molecule has 2 aliphatic carbocycles. The fourth-order valence-electron chi connectivity index (χ4n) is 3.43. The van der Waals surface area contributed by atoms with Crippen LogP contribution in [-0.2, 0) is 0 Å². The summed E-state index contributed by atoms with van der Waals surface area (Å²) in [6.45, 7) is 3.65. The Hall–Kier alpha value is -0.0800. The smallest absolute Gasteiger partial charge is 0.0541 e. The molecular weight excluding hydrogens is 210 g/mol. The molecule has 0 heterocycles. The zero-order valence-electron chi connectivity index (χ0n) is 11.4. The van der Waals surface area contributed by atoms with Crippen molar-refractivity contribution in [2.45, 2.75) is 83.3 Å². The Morgan fingerprint density at radius 3 is 2.18 bits per heavy atom. The molecule has 2 aliphatic rings. The highest BCUT2D eigenvalue weighted by Gasteiger charge is 2.27. The van der Waals surface area contributed by atoms with Gasteiger partial charge in [-0.25, -0.2) is 0 Å². The van der Waals surface area contributed by atoms with Crippen LogP contribution in [0.25, 0.3) is 0 Å². The standard InChI is InChI=1S/C15H29NO/c1-15(10-4-2-3-5-11-15)12-16-13-6-8-14(17)9-7-13/h13-14,16-17H,2-12H2,1H3. The summed E-state index contributed by atoms with van der Waals surface area (Å²) in [6, 6.07) is 0.665. The molecule has 0 atom stereocenters. The van der Waals surface area contributed by atoms with E-state index in [1.807, 2.05) is 0 Å². The van der Waals surface area contributed by atoms with Crippen LogP contribution in [0.3, 0.4) is 0 Å². The Morgan fingerprint density at radius 2 is 1.59 bits per heavy atom. The van der Waals surface area contributed by atoms with Gasteiger partial charge in [-0.3, -0.25) is 0 Å². The molecule has 0 unspecified atom stereocenters. The van der Waals surface area contributed by atoms with E-state index in [2.05, 4.69) is 12.2 Å². The molecule has 0 amide bonds. The Balaban J connectivity index is 1.72. The summed E-state index contributed by atoms with van der Waals surface area (Å²) >= 11 is 0. The Morgan fingerprint density at radius 1 is 1.00 bits per heavy atom. The van der Waals surface area contributed by atoms with Crippen LogP contribution in [0.2, 0.25) is 0 Å². The van der Waals surface area contributed by atoms with Crippen LogP contribution in [0, 0.1) is 5.41 Å². The Labute approximate surface area is 106 Å². The third-order valence-corrected chi connectivity index (χ3v) is 4.82. The maximum Gasteiger partial charge on any atom is 0.0541 e. The molecule has 0 aliphatic heterocycles. The number of rotatable bonds is 3. The largest absolute Gasteiger partial charge is 0.393 e. The van der Waals surface area contributed by atoms with Gasteiger partial charge in [0.05, 0.1) is 6.10 Å². The summed E-state index contributed by atoms with van der Waals surface area (Å²) in [7, 11) is 0. The van der Waals surface area contributed by atoms with Gasteiger partial charge in [-0.1, -0.05) is 32.6 Å². The molecule has 2 heteroatoms. The average molecular weight is 239 g/mol. The van der Waals surface area contributed by atoms with E-state index in [1.54, 1.807) is 0 Å². The van der Waals surface area contributed by atoms with Crippen LogP contribution in [0.4, 0.5) is 0 Å². The van der Waals surface area contributed by atoms with E-state index in [4.69, 9.17) is 0 Å². The number of hydrogen-bond donors (Lipinski definition) is 2. The first-order valence-electron chi connectivity index (χ1n) is 7.59. The van der Waals surface area contributed by atoms with Gasteiger partial charge in [0.25, 0.3) is 0 Å². The lowest BCUT2D eigenvalue weighted by Crippen LogP contribution is -2.40. The van der Waals surface area contributed by atoms with Crippen molar-refractivity contribution in [1.29, 1.82) is 0 Å². The lowest BCUT2D eigenvalue weighted by Gasteiger charge is -2.33. The number of aliphatic hydroxyl groups is 1. The Bertz CT molecular complexity index is 213. The van der Waals surface area contributed by atoms with E-state index < -0.39 is 0 Å². The van der Waals surface area contributed by atoms with E-state index in [1.165, 1.54) is 45.1 Å². The molecule has 0 spiro atoms. The molecular formula is C15H29NO. The third kappa shape index (κ3) is 4.26. The van der Waals surface area contributed by atoms with Gasteiger partial charge in [0.15, 0.2) is 0 Å². The van der Waals surface area contributed by atoms with Crippen molar-refractivity contribution < 1.29 is 5.11 Å². The summed E-state index contributed by atoms with van der Waals surface area (Å²) < 4.78 is 0. The van der Waals surface area contributed by atoms with Crippen molar-refractivity contribution in [2.24, 2.45) is 5.41 Å². The maximum absolute atomic E-state index is 9.50. The van der Waals surface area contributed by atoms with Gasteiger partial charge < -0.3 is 10.4 Å². The SMILES string of the molecule is CC1(CNC2CCC(O)CC2)CCCCCC1. The first-order valence-corrected chi connectivity index (χ1v) is 7.59. The van der Waals surface area contributed by atoms with Gasteiger partial charge in [0.2, 0.25) is 0 Å². The van der Waals surface area contributed by atoms with Gasteiger partial charge in [-0.15, -0.1) is 0 Å². The number of aliphatic hydroxyl groups excluding tert-OH is 1. The van der Waals surface area contributed by atoms with E-state index in [9.17, 15) is 5.11 Å². The van der Waals surface area contributed by atoms with E-state index in [0.29, 0.717) is 11.5 Å². The van der Waals surface area contributed by atoms with Crippen molar-refractivity contribution >= 4 is 0 Å². The molecule has 2 rings (SSSR count). The second-order valence-electron chi connectivity index (χ2n) is 6.61. The van der Waals surface area contributed by atoms with E-state index in [-0.39, 0.29) is 6.10 Å². The highest BCUT2D eigenvalue weighted by molar-refractivity contribution is 4.83. The molecule has 0 saturated heterocycles. The minimum Gasteiger partial charge on any atom is -0.393 e. The molecule has 0 aromatic heterocycles. The zero-order valence-corrected chi connectivity index (χ0v) is 11.4. The number of nitrogens with one attached hydrogen (secondary N) is 1. The minimum absolute atomic E-state index is 0.0264. The second-order valence-corrected chi connectivity index (χ2v) is 6.61. The van der Waals surface area contributed by atoms with Gasteiger partial charge in [0.1, 0.15) is 0 Å². The molecule has 2 nitrogen and oxygen atoms in total. The highest BCUT2D eigenvalue weighted by Crippen LogP contribution is 2.34. The average Bonchev–Trinajstić information content (AvgIpc) is 2.54. The zero-order chi connectivity index (χ0) is 12.1. The van der Waals surface area contributed by atoms with E-state index >= 15 is 0 Å². The van der Waals surface area contributed by atoms with Crippen molar-refractivity contribution in [3.8, 4) is 0 Å². The molecule has 2 saturated carbocycles. The summed E-state index contributed by atoms with van der Waals surface area (Å²) in [5.41, 5.74) is 0.534. The van der Waals surface area contributed by atoms with Gasteiger partial charge in [-0.2, -0.15) is 0 Å². The van der Waals surface area contributed by atoms with Gasteiger partial charge in [-0.05, 0) is 43.9 Å². The second kappa shape index (κ2) is 6.19. The quantitative estimate of drug-likeness (QED) is 0.741. The lowest BCUT2D eigenvalue weighted by molar-refractivity contribution is 0.112. The summed E-state index contributed by atoms with van der Waals surface area (Å²) in [5.74, 6) is 0. The fourth-order valence-corrected chi connectivity index (χ4v) is 3.43. The lowest BCUT2D eigenvalue weighted by atomic mass is 9.82. The first kappa shape index (κ1) is 13.4. The Kier molecular flexibility index (Phi) is 4.87. The summed E-state index contributed by atoms with van der Waals surface area (Å²) in [6.07, 6.45) is 12.8. The molecule has 17 heavy (non-hydrogen) atoms. The minimum atomic E-state index is -0.0264. The fraction of sp³-hybridized carbons (Fsp3) is 1.00. The molecule has 0 aromatic carbocycles. The normalized spacial score (nSPS) is 34.2. The summed E-state index contributed by atoms with van der Waals surface area (Å²) in [4.78, 5) is 0. The van der Waals surface area contributed by atoms with Gasteiger partial charge in [0, 0.05) is 12.6 Å². The molecule has 100 valence electrons. The summed E-state index contributed by atoms with van der Waals surface area (Å²) in [5, 5.41) is 13.3. The predicted octanol–water partition coefficient (Wildman–Crippen LogP) is 3.24. The third-order valence-electron chi connectivity index (χ3n) is 4.82. The van der Waals surface area contributed by atoms with Crippen LogP contribution >= 0.6 is 0 Å². The van der Waals surface area contributed by atoms with Crippen LogP contribution < -0.4 is 5.32 Å². The van der Waals surface area contributed by atoms with Crippen molar-refractivity contribution in [3.63, 3.8) is 0 Å². The highest BCUT2D eigenvalue weighted by atomic mass is 16.3. The first-order chi connectivity index (χ1) is 8.18. The number of hydrogen-bond acceptors (Lipinski definition) is 2.